The van der Waals surface area contributed by atoms with Crippen molar-refractivity contribution >= 4 is 18.0 Å². The number of carbonyl (C=O) groups excluding carboxylic acids is 1. The van der Waals surface area contributed by atoms with Crippen LogP contribution in [0.5, 0.6) is 0 Å². The lowest BCUT2D eigenvalue weighted by atomic mass is 9.98. The molecular formula is C21H17N3O4. The molecule has 2 N–H and O–H groups in total. The van der Waals surface area contributed by atoms with Crippen molar-refractivity contribution in [2.75, 3.05) is 11.9 Å². The molecule has 0 saturated carbocycles. The van der Waals surface area contributed by atoms with Gasteiger partial charge < -0.3 is 9.84 Å². The number of nitrogens with zero attached hydrogens (tertiary/aromatic N) is 2. The van der Waals surface area contributed by atoms with Gasteiger partial charge in [-0.3, -0.25) is 5.32 Å². The van der Waals surface area contributed by atoms with Gasteiger partial charge in [-0.1, -0.05) is 48.5 Å². The number of anilines is 1. The number of aryl methyl sites for hydroxylation is 1. The lowest BCUT2D eigenvalue weighted by Gasteiger charge is -2.14. The molecule has 0 spiro atoms. The summed E-state index contributed by atoms with van der Waals surface area (Å²) in [6.45, 7) is 1.73. The van der Waals surface area contributed by atoms with Crippen LogP contribution in [0.2, 0.25) is 0 Å². The highest BCUT2D eigenvalue weighted by Gasteiger charge is 2.29. The van der Waals surface area contributed by atoms with Gasteiger partial charge in [-0.2, -0.15) is 0 Å². The monoisotopic (exact) mass is 375 g/mol. The molecule has 2 aromatic carbocycles. The number of hydrogen-bond donors (Lipinski definition) is 2. The Kier molecular flexibility index (Phi) is 4.49. The first kappa shape index (κ1) is 17.7. The number of ether oxygens (including phenoxy) is 1. The summed E-state index contributed by atoms with van der Waals surface area (Å²) < 4.78 is 5.40. The number of carboxylic acids is 1. The molecule has 0 radical (unpaired) electrons. The molecule has 7 heteroatoms. The number of nitrogens with one attached hydrogen (secondary N) is 1. The first-order valence-corrected chi connectivity index (χ1v) is 8.73. The summed E-state index contributed by atoms with van der Waals surface area (Å²) in [6.07, 6.45) is 0.609. The number of carbonyl (C=O) groups is 2. The number of amides is 1. The van der Waals surface area contributed by atoms with E-state index in [0.29, 0.717) is 5.56 Å². The Balaban J connectivity index is 1.49. The van der Waals surface area contributed by atoms with Crippen LogP contribution in [0.25, 0.3) is 11.1 Å². The highest BCUT2D eigenvalue weighted by molar-refractivity contribution is 5.88. The van der Waals surface area contributed by atoms with Gasteiger partial charge in [0.15, 0.2) is 5.69 Å². The molecule has 1 aliphatic rings. The Morgan fingerprint density at radius 3 is 2.29 bits per heavy atom. The van der Waals surface area contributed by atoms with Gasteiger partial charge in [0.25, 0.3) is 0 Å². The quantitative estimate of drug-likeness (QED) is 0.718. The predicted molar refractivity (Wildman–Crippen MR) is 102 cm³/mol. The number of rotatable bonds is 4. The van der Waals surface area contributed by atoms with Crippen molar-refractivity contribution in [1.29, 1.82) is 0 Å². The zero-order chi connectivity index (χ0) is 19.7. The second kappa shape index (κ2) is 7.11. The summed E-state index contributed by atoms with van der Waals surface area (Å²) in [5, 5.41) is 11.5. The van der Waals surface area contributed by atoms with E-state index in [1.165, 1.54) is 6.20 Å². The zero-order valence-corrected chi connectivity index (χ0v) is 15.0. The largest absolute Gasteiger partial charge is 0.476 e. The van der Waals surface area contributed by atoms with Gasteiger partial charge in [0.1, 0.15) is 6.61 Å². The number of aromatic carboxylic acids is 1. The van der Waals surface area contributed by atoms with Crippen LogP contribution in [0, 0.1) is 6.92 Å². The minimum Gasteiger partial charge on any atom is -0.476 e. The first-order valence-electron chi connectivity index (χ1n) is 8.73. The second-order valence-corrected chi connectivity index (χ2v) is 6.48. The van der Waals surface area contributed by atoms with Crippen LogP contribution in [-0.2, 0) is 4.74 Å². The fourth-order valence-corrected chi connectivity index (χ4v) is 3.44. The van der Waals surface area contributed by atoms with Crippen molar-refractivity contribution in [2.24, 2.45) is 0 Å². The molecule has 1 aromatic heterocycles. The molecule has 28 heavy (non-hydrogen) atoms. The van der Waals surface area contributed by atoms with Crippen molar-refractivity contribution in [2.45, 2.75) is 12.8 Å². The predicted octanol–water partition coefficient (Wildman–Crippen LogP) is 3.84. The average molecular weight is 375 g/mol. The van der Waals surface area contributed by atoms with E-state index >= 15 is 0 Å². The molecule has 3 aromatic rings. The normalized spacial score (nSPS) is 12.2. The van der Waals surface area contributed by atoms with Crippen LogP contribution in [0.1, 0.15) is 33.1 Å². The molecule has 4 rings (SSSR count). The highest BCUT2D eigenvalue weighted by atomic mass is 16.5. The minimum atomic E-state index is -1.18. The summed E-state index contributed by atoms with van der Waals surface area (Å²) in [6, 6.07) is 16.1. The smallest absolute Gasteiger partial charge is 0.414 e. The van der Waals surface area contributed by atoms with E-state index in [4.69, 9.17) is 9.84 Å². The van der Waals surface area contributed by atoms with E-state index in [-0.39, 0.29) is 24.2 Å². The number of fused-ring (bicyclic) bond motifs is 3. The van der Waals surface area contributed by atoms with Crippen LogP contribution >= 0.6 is 0 Å². The SMILES string of the molecule is Cc1cnc(NC(=O)OCC2c3ccccc3-c3ccccc32)nc1C(=O)O. The molecule has 0 atom stereocenters. The number of aromatic nitrogens is 2. The van der Waals surface area contributed by atoms with Crippen LogP contribution in [0.4, 0.5) is 10.7 Å². The first-order chi connectivity index (χ1) is 13.5. The van der Waals surface area contributed by atoms with Gasteiger partial charge in [-0.25, -0.2) is 19.6 Å². The van der Waals surface area contributed by atoms with Gasteiger partial charge in [0.2, 0.25) is 5.95 Å². The third-order valence-electron chi connectivity index (χ3n) is 4.73. The van der Waals surface area contributed by atoms with Crippen molar-refractivity contribution in [3.8, 4) is 11.1 Å². The summed E-state index contributed by atoms with van der Waals surface area (Å²) in [7, 11) is 0. The molecule has 1 heterocycles. The lowest BCUT2D eigenvalue weighted by molar-refractivity contribution is 0.0689. The fourth-order valence-electron chi connectivity index (χ4n) is 3.44. The molecule has 7 nitrogen and oxygen atoms in total. The van der Waals surface area contributed by atoms with Crippen LogP contribution < -0.4 is 5.32 Å². The van der Waals surface area contributed by atoms with E-state index in [0.717, 1.165) is 22.3 Å². The topological polar surface area (TPSA) is 101 Å². The van der Waals surface area contributed by atoms with Crippen molar-refractivity contribution in [1.82, 2.24) is 9.97 Å². The Morgan fingerprint density at radius 1 is 1.07 bits per heavy atom. The third-order valence-corrected chi connectivity index (χ3v) is 4.73. The maximum atomic E-state index is 12.2. The van der Waals surface area contributed by atoms with E-state index in [2.05, 4.69) is 27.4 Å². The number of benzene rings is 2. The molecule has 140 valence electrons. The van der Waals surface area contributed by atoms with Crippen molar-refractivity contribution in [3.05, 3.63) is 77.1 Å². The van der Waals surface area contributed by atoms with Gasteiger partial charge in [-0.15, -0.1) is 0 Å². The fraction of sp³-hybridized carbons (Fsp3) is 0.143. The number of hydrogen-bond acceptors (Lipinski definition) is 5. The van der Waals surface area contributed by atoms with E-state index < -0.39 is 12.1 Å². The van der Waals surface area contributed by atoms with Crippen LogP contribution in [-0.4, -0.2) is 33.7 Å². The average Bonchev–Trinajstić information content (AvgIpc) is 3.01. The van der Waals surface area contributed by atoms with E-state index in [1.807, 2.05) is 36.4 Å². The molecule has 0 unspecified atom stereocenters. The highest BCUT2D eigenvalue weighted by Crippen LogP contribution is 2.44. The molecule has 0 saturated heterocycles. The van der Waals surface area contributed by atoms with Gasteiger partial charge in [0.05, 0.1) is 0 Å². The Labute approximate surface area is 161 Å². The maximum Gasteiger partial charge on any atom is 0.414 e. The molecule has 0 fully saturated rings. The summed E-state index contributed by atoms with van der Waals surface area (Å²) in [4.78, 5) is 31.1. The standard InChI is InChI=1S/C21H17N3O4/c1-12-10-22-20(23-18(12)19(25)26)24-21(27)28-11-17-15-8-4-2-6-13(15)14-7-3-5-9-16(14)17/h2-10,17H,11H2,1H3,(H,25,26)(H,22,23,24,27). The van der Waals surface area contributed by atoms with Crippen molar-refractivity contribution in [3.63, 3.8) is 0 Å². The Hall–Kier alpha value is -3.74. The van der Waals surface area contributed by atoms with E-state index in [1.54, 1.807) is 6.92 Å². The summed E-state index contributed by atoms with van der Waals surface area (Å²) in [5.41, 5.74) is 4.74. The van der Waals surface area contributed by atoms with Crippen LogP contribution in [0.15, 0.2) is 54.7 Å². The summed E-state index contributed by atoms with van der Waals surface area (Å²) in [5.74, 6) is -1.36. The Bertz CT molecular complexity index is 1040. The van der Waals surface area contributed by atoms with Gasteiger partial charge >= 0.3 is 12.1 Å². The Morgan fingerprint density at radius 2 is 1.68 bits per heavy atom. The van der Waals surface area contributed by atoms with Gasteiger partial charge in [-0.05, 0) is 29.2 Å². The zero-order valence-electron chi connectivity index (χ0n) is 15.0. The van der Waals surface area contributed by atoms with Gasteiger partial charge in [0, 0.05) is 17.7 Å². The molecular weight excluding hydrogens is 358 g/mol. The lowest BCUT2D eigenvalue weighted by Crippen LogP contribution is -2.20. The summed E-state index contributed by atoms with van der Waals surface area (Å²) >= 11 is 0. The molecule has 1 amide bonds. The minimum absolute atomic E-state index is 0.0633. The van der Waals surface area contributed by atoms with Crippen LogP contribution in [0.3, 0.4) is 0 Å². The third kappa shape index (κ3) is 3.18. The number of carboxylic acid groups (broad SMARTS) is 1. The van der Waals surface area contributed by atoms with Crippen molar-refractivity contribution < 1.29 is 19.4 Å². The molecule has 1 aliphatic carbocycles. The van der Waals surface area contributed by atoms with E-state index in [9.17, 15) is 9.59 Å². The second-order valence-electron chi connectivity index (χ2n) is 6.48. The maximum absolute atomic E-state index is 12.2. The molecule has 0 bridgehead atoms. The molecule has 0 aliphatic heterocycles.